The molecule has 7 nitrogen and oxygen atoms in total. The number of benzene rings is 2. The summed E-state index contributed by atoms with van der Waals surface area (Å²) in [6.45, 7) is 2.30. The molecule has 1 aliphatic rings. The van der Waals surface area contributed by atoms with E-state index in [-0.39, 0.29) is 23.4 Å². The number of aryl methyl sites for hydroxylation is 1. The average Bonchev–Trinajstić information content (AvgIpc) is 3.24. The number of aromatic nitrogens is 2. The summed E-state index contributed by atoms with van der Waals surface area (Å²) < 4.78 is 12.4. The van der Waals surface area contributed by atoms with Crippen LogP contribution in [0.15, 0.2) is 51.8 Å². The van der Waals surface area contributed by atoms with Crippen molar-refractivity contribution in [3.63, 3.8) is 0 Å². The van der Waals surface area contributed by atoms with Gasteiger partial charge in [-0.25, -0.2) is 0 Å². The summed E-state index contributed by atoms with van der Waals surface area (Å²) >= 11 is 6.55. The van der Waals surface area contributed by atoms with Gasteiger partial charge in [-0.2, -0.15) is 0 Å². The van der Waals surface area contributed by atoms with Crippen LogP contribution < -0.4 is 15.6 Å². The molecule has 1 aliphatic carbocycles. The van der Waals surface area contributed by atoms with E-state index in [4.69, 9.17) is 20.9 Å². The lowest BCUT2D eigenvalue weighted by Gasteiger charge is -2.31. The van der Waals surface area contributed by atoms with E-state index in [1.165, 1.54) is 0 Å². The third-order valence-electron chi connectivity index (χ3n) is 6.79. The monoisotopic (exact) mass is 479 g/mol. The van der Waals surface area contributed by atoms with E-state index in [0.717, 1.165) is 36.6 Å². The number of amides is 1. The maximum absolute atomic E-state index is 13.6. The zero-order valence-corrected chi connectivity index (χ0v) is 19.9. The van der Waals surface area contributed by atoms with Gasteiger partial charge in [-0.05, 0) is 62.4 Å². The highest BCUT2D eigenvalue weighted by Crippen LogP contribution is 2.37. The molecular formula is C26H26ClN3O4. The molecule has 2 unspecified atom stereocenters. The van der Waals surface area contributed by atoms with Crippen LogP contribution in [0.5, 0.6) is 5.75 Å². The fraction of sp³-hybridized carbons (Fsp3) is 0.346. The van der Waals surface area contributed by atoms with E-state index >= 15 is 0 Å². The van der Waals surface area contributed by atoms with Gasteiger partial charge in [0.25, 0.3) is 11.5 Å². The predicted octanol–water partition coefficient (Wildman–Crippen LogP) is 5.27. The average molecular weight is 480 g/mol. The second-order valence-corrected chi connectivity index (χ2v) is 9.31. The summed E-state index contributed by atoms with van der Waals surface area (Å²) in [5, 5.41) is 8.95. The van der Waals surface area contributed by atoms with E-state index in [1.807, 2.05) is 22.8 Å². The Morgan fingerprint density at radius 3 is 2.88 bits per heavy atom. The van der Waals surface area contributed by atoms with Crippen LogP contribution in [0.1, 0.15) is 47.8 Å². The first-order valence-electron chi connectivity index (χ1n) is 11.5. The van der Waals surface area contributed by atoms with Gasteiger partial charge in [0.05, 0.1) is 17.6 Å². The van der Waals surface area contributed by atoms with Crippen molar-refractivity contribution in [1.29, 1.82) is 0 Å². The Labute approximate surface area is 201 Å². The van der Waals surface area contributed by atoms with Crippen molar-refractivity contribution in [1.82, 2.24) is 15.0 Å². The number of ether oxygens (including phenoxy) is 1. The van der Waals surface area contributed by atoms with Crippen LogP contribution in [0.2, 0.25) is 5.02 Å². The topological polar surface area (TPSA) is 86.4 Å². The van der Waals surface area contributed by atoms with Gasteiger partial charge in [0.1, 0.15) is 22.4 Å². The number of nitrogens with zero attached hydrogens (tertiary/aromatic N) is 2. The molecule has 176 valence electrons. The zero-order chi connectivity index (χ0) is 23.8. The lowest BCUT2D eigenvalue weighted by molar-refractivity contribution is 0.0940. The zero-order valence-electron chi connectivity index (χ0n) is 19.1. The molecule has 8 heteroatoms. The molecule has 1 amide bonds. The fourth-order valence-corrected chi connectivity index (χ4v) is 5.38. The van der Waals surface area contributed by atoms with Gasteiger partial charge in [0.15, 0.2) is 0 Å². The molecule has 0 spiro atoms. The number of hydrogen-bond donors (Lipinski definition) is 1. The molecule has 0 bridgehead atoms. The first-order chi connectivity index (χ1) is 16.5. The lowest BCUT2D eigenvalue weighted by atomic mass is 9.85. The number of fused-ring (bicyclic) bond motifs is 3. The third kappa shape index (κ3) is 3.94. The normalized spacial score (nSPS) is 18.3. The van der Waals surface area contributed by atoms with Crippen LogP contribution in [0, 0.1) is 12.8 Å². The van der Waals surface area contributed by atoms with Gasteiger partial charge in [-0.15, -0.1) is 0 Å². The highest BCUT2D eigenvalue weighted by Gasteiger charge is 2.28. The molecule has 4 aromatic rings. The van der Waals surface area contributed by atoms with Crippen molar-refractivity contribution in [2.24, 2.45) is 5.92 Å². The Morgan fingerprint density at radius 1 is 1.24 bits per heavy atom. The summed E-state index contributed by atoms with van der Waals surface area (Å²) in [7, 11) is 1.58. The summed E-state index contributed by atoms with van der Waals surface area (Å²) in [4.78, 5) is 26.3. The number of rotatable bonds is 5. The van der Waals surface area contributed by atoms with Crippen molar-refractivity contribution < 1.29 is 14.1 Å². The fourth-order valence-electron chi connectivity index (χ4n) is 5.12. The number of hydrogen-bond acceptors (Lipinski definition) is 5. The molecule has 1 fully saturated rings. The number of halogens is 1. The lowest BCUT2D eigenvalue weighted by Crippen LogP contribution is -2.34. The molecule has 1 N–H and O–H groups in total. The maximum atomic E-state index is 13.6. The van der Waals surface area contributed by atoms with Crippen molar-refractivity contribution in [3.8, 4) is 5.75 Å². The summed E-state index contributed by atoms with van der Waals surface area (Å²) in [6.07, 6.45) is 3.64. The Balaban J connectivity index is 1.42. The quantitative estimate of drug-likeness (QED) is 0.421. The highest BCUT2D eigenvalue weighted by molar-refractivity contribution is 6.37. The minimum absolute atomic E-state index is 0.000335. The van der Waals surface area contributed by atoms with Crippen molar-refractivity contribution in [3.05, 3.63) is 69.2 Å². The van der Waals surface area contributed by atoms with Gasteiger partial charge in [-0.3, -0.25) is 9.59 Å². The standard InChI is InChI=1S/C26H26ClN3O4/c1-15-22-24(29-34-15)23-20(27)10-5-11-21(23)30(26(22)32)18-8-3-6-16(12-18)14-28-25(31)17-7-4-9-19(13-17)33-2/h4-5,7,9-11,13,16,18H,3,6,8,12,14H2,1-2H3,(H,28,31). The molecule has 1 saturated carbocycles. The molecule has 0 radical (unpaired) electrons. The molecule has 34 heavy (non-hydrogen) atoms. The van der Waals surface area contributed by atoms with Crippen molar-refractivity contribution in [2.45, 2.75) is 38.6 Å². The van der Waals surface area contributed by atoms with E-state index in [2.05, 4.69) is 10.5 Å². The number of carbonyl (C=O) groups is 1. The molecular weight excluding hydrogens is 454 g/mol. The summed E-state index contributed by atoms with van der Waals surface area (Å²) in [6, 6.07) is 12.7. The van der Waals surface area contributed by atoms with E-state index < -0.39 is 0 Å². The van der Waals surface area contributed by atoms with E-state index in [1.54, 1.807) is 38.3 Å². The van der Waals surface area contributed by atoms with Crippen LogP contribution in [0.25, 0.3) is 21.8 Å². The van der Waals surface area contributed by atoms with Gasteiger partial charge in [-0.1, -0.05) is 35.3 Å². The Bertz CT molecular complexity index is 1440. The second-order valence-electron chi connectivity index (χ2n) is 8.90. The third-order valence-corrected chi connectivity index (χ3v) is 7.10. The predicted molar refractivity (Wildman–Crippen MR) is 132 cm³/mol. The van der Waals surface area contributed by atoms with Crippen LogP contribution in [0.4, 0.5) is 0 Å². The smallest absolute Gasteiger partial charge is 0.264 e. The SMILES string of the molecule is COc1cccc(C(=O)NCC2CCCC(n3c(=O)c4c(C)onc4c4c(Cl)cccc43)C2)c1. The summed E-state index contributed by atoms with van der Waals surface area (Å²) in [5.41, 5.74) is 1.74. The Hall–Kier alpha value is -3.32. The minimum atomic E-state index is -0.128. The van der Waals surface area contributed by atoms with Crippen LogP contribution >= 0.6 is 11.6 Å². The molecule has 2 aromatic carbocycles. The van der Waals surface area contributed by atoms with Gasteiger partial charge in [0.2, 0.25) is 0 Å². The van der Waals surface area contributed by atoms with Gasteiger partial charge >= 0.3 is 0 Å². The Morgan fingerprint density at radius 2 is 2.06 bits per heavy atom. The van der Waals surface area contributed by atoms with Crippen LogP contribution in [0.3, 0.4) is 0 Å². The molecule has 0 saturated heterocycles. The van der Waals surface area contributed by atoms with Gasteiger partial charge in [0, 0.05) is 23.5 Å². The molecule has 5 rings (SSSR count). The van der Waals surface area contributed by atoms with Crippen LogP contribution in [-0.4, -0.2) is 29.3 Å². The molecule has 2 heterocycles. The number of pyridine rings is 1. The number of methoxy groups -OCH3 is 1. The number of carbonyl (C=O) groups excluding carboxylic acids is 1. The van der Waals surface area contributed by atoms with Crippen molar-refractivity contribution in [2.75, 3.05) is 13.7 Å². The van der Waals surface area contributed by atoms with Crippen LogP contribution in [-0.2, 0) is 0 Å². The van der Waals surface area contributed by atoms with Crippen molar-refractivity contribution >= 4 is 39.3 Å². The Kier molecular flexibility index (Phi) is 6.04. The first kappa shape index (κ1) is 22.5. The van der Waals surface area contributed by atoms with Gasteiger partial charge < -0.3 is 19.1 Å². The molecule has 2 aromatic heterocycles. The molecule has 0 aliphatic heterocycles. The van der Waals surface area contributed by atoms with E-state index in [0.29, 0.717) is 39.5 Å². The maximum Gasteiger partial charge on any atom is 0.264 e. The van der Waals surface area contributed by atoms with E-state index in [9.17, 15) is 9.59 Å². The summed E-state index contributed by atoms with van der Waals surface area (Å²) in [5.74, 6) is 1.27. The number of nitrogens with one attached hydrogen (secondary N) is 1. The largest absolute Gasteiger partial charge is 0.497 e. The second kappa shape index (κ2) is 9.14. The first-order valence-corrected chi connectivity index (χ1v) is 11.9. The highest BCUT2D eigenvalue weighted by atomic mass is 35.5. The minimum Gasteiger partial charge on any atom is -0.497 e. The molecule has 2 atom stereocenters.